The van der Waals surface area contributed by atoms with Gasteiger partial charge in [0, 0.05) is 5.69 Å². The molecule has 0 radical (unpaired) electrons. The lowest BCUT2D eigenvalue weighted by atomic mass is 9.95. The number of anilines is 1. The van der Waals surface area contributed by atoms with Crippen molar-refractivity contribution in [3.8, 4) is 16.9 Å². The molecule has 0 spiro atoms. The van der Waals surface area contributed by atoms with Gasteiger partial charge in [0.15, 0.2) is 0 Å². The first kappa shape index (κ1) is 34.1. The highest BCUT2D eigenvalue weighted by Gasteiger charge is 2.23. The van der Waals surface area contributed by atoms with Crippen LogP contribution in [-0.2, 0) is 34.2 Å². The Labute approximate surface area is 281 Å². The molecule has 246 valence electrons. The number of hydrogen-bond acceptors (Lipinski definition) is 5. The minimum atomic E-state index is -4.13. The molecule has 0 heterocycles. The Hall–Kier alpha value is -5.25. The molecule has 5 aromatic rings. The van der Waals surface area contributed by atoms with E-state index < -0.39 is 34.2 Å². The van der Waals surface area contributed by atoms with E-state index in [1.807, 2.05) is 84.9 Å². The van der Waals surface area contributed by atoms with Crippen molar-refractivity contribution in [1.82, 2.24) is 4.72 Å². The van der Waals surface area contributed by atoms with E-state index in [0.29, 0.717) is 12.3 Å². The molecule has 0 unspecified atom stereocenters. The third-order valence-corrected chi connectivity index (χ3v) is 9.35. The Morgan fingerprint density at radius 2 is 1.42 bits per heavy atom. The van der Waals surface area contributed by atoms with Crippen molar-refractivity contribution >= 4 is 27.6 Å². The maximum atomic E-state index is 13.7. The number of sulfonamides is 1. The molecular weight excluding hydrogens is 625 g/mol. The molecule has 48 heavy (non-hydrogen) atoms. The van der Waals surface area contributed by atoms with Crippen LogP contribution in [0.4, 0.5) is 5.69 Å². The normalized spacial score (nSPS) is 11.4. The molecule has 5 rings (SSSR count). The van der Waals surface area contributed by atoms with E-state index >= 15 is 0 Å². The summed E-state index contributed by atoms with van der Waals surface area (Å²) in [5.41, 5.74) is 5.44. The number of carboxylic acids is 1. The van der Waals surface area contributed by atoms with Gasteiger partial charge in [-0.1, -0.05) is 105 Å². The summed E-state index contributed by atoms with van der Waals surface area (Å²) < 4.78 is 29.7. The van der Waals surface area contributed by atoms with Gasteiger partial charge in [0.2, 0.25) is 15.9 Å². The topological polar surface area (TPSA) is 124 Å². The predicted octanol–water partition coefficient (Wildman–Crippen LogP) is 7.06. The zero-order valence-corrected chi connectivity index (χ0v) is 27.7. The third kappa shape index (κ3) is 8.56. The predicted molar refractivity (Wildman–Crippen MR) is 188 cm³/mol. The molecule has 0 aliphatic heterocycles. The van der Waals surface area contributed by atoms with Crippen LogP contribution in [0.3, 0.4) is 0 Å². The second-order valence-corrected chi connectivity index (χ2v) is 13.8. The van der Waals surface area contributed by atoms with Gasteiger partial charge in [-0.25, -0.2) is 17.9 Å². The molecule has 0 fully saturated rings. The fourth-order valence-corrected chi connectivity index (χ4v) is 6.58. The first-order valence-corrected chi connectivity index (χ1v) is 17.1. The molecule has 0 aromatic heterocycles. The van der Waals surface area contributed by atoms with Gasteiger partial charge in [-0.2, -0.15) is 0 Å². The molecule has 8 nitrogen and oxygen atoms in total. The number of carboxylic acid groups (broad SMARTS) is 1. The smallest absolute Gasteiger partial charge is 0.339 e. The number of carbonyl (C=O) groups excluding carboxylic acids is 1. The van der Waals surface area contributed by atoms with E-state index in [2.05, 4.69) is 18.6 Å². The number of aromatic carboxylic acids is 1. The van der Waals surface area contributed by atoms with Crippen LogP contribution in [-0.4, -0.2) is 37.1 Å². The highest BCUT2D eigenvalue weighted by Crippen LogP contribution is 2.29. The molecule has 9 heteroatoms. The van der Waals surface area contributed by atoms with Gasteiger partial charge in [0.1, 0.15) is 11.3 Å². The van der Waals surface area contributed by atoms with Gasteiger partial charge in [-0.05, 0) is 82.5 Å². The fourth-order valence-electron chi connectivity index (χ4n) is 5.56. The van der Waals surface area contributed by atoms with E-state index in [0.717, 1.165) is 39.8 Å². The Morgan fingerprint density at radius 3 is 2.06 bits per heavy atom. The van der Waals surface area contributed by atoms with Gasteiger partial charge in [0.05, 0.1) is 18.0 Å². The molecule has 5 aromatic carbocycles. The molecule has 0 aliphatic carbocycles. The zero-order valence-electron chi connectivity index (χ0n) is 26.8. The van der Waals surface area contributed by atoms with Crippen molar-refractivity contribution in [3.05, 3.63) is 149 Å². The van der Waals surface area contributed by atoms with Crippen molar-refractivity contribution < 1.29 is 28.2 Å². The summed E-state index contributed by atoms with van der Waals surface area (Å²) in [6, 6.07) is 36.0. The minimum absolute atomic E-state index is 0.0194. The summed E-state index contributed by atoms with van der Waals surface area (Å²) in [5.74, 6) is -1.93. The lowest BCUT2D eigenvalue weighted by molar-refractivity contribution is -0.117. The standard InChI is InChI=1S/C39H38N2O6S/c1-27(2)21-29-13-15-30(16-14-29)26-41(33-17-20-37(42)36(24-33)39(44)45)38(43)25-40-48(46,47)34-18-19-35(31-11-7-4-8-12-31)32(23-34)22-28-9-5-3-6-10-28/h3-20,23-24,27,40,42H,21-22,25-26H2,1-2H3,(H,44,45). The van der Waals surface area contributed by atoms with Crippen LogP contribution < -0.4 is 9.62 Å². The van der Waals surface area contributed by atoms with Crippen molar-refractivity contribution in [2.45, 2.75) is 38.1 Å². The SMILES string of the molecule is CC(C)Cc1ccc(CN(C(=O)CNS(=O)(=O)c2ccc(-c3ccccc3)c(Cc3ccccc3)c2)c2ccc(O)c(C(=O)O)c2)cc1. The average molecular weight is 663 g/mol. The first-order chi connectivity index (χ1) is 23.0. The summed E-state index contributed by atoms with van der Waals surface area (Å²) >= 11 is 0. The summed E-state index contributed by atoms with van der Waals surface area (Å²) in [7, 11) is -4.13. The monoisotopic (exact) mass is 662 g/mol. The molecule has 1 amide bonds. The maximum absolute atomic E-state index is 13.7. The highest BCUT2D eigenvalue weighted by atomic mass is 32.2. The van der Waals surface area contributed by atoms with E-state index in [9.17, 15) is 28.2 Å². The number of amides is 1. The second-order valence-electron chi connectivity index (χ2n) is 12.1. The zero-order chi connectivity index (χ0) is 34.3. The lowest BCUT2D eigenvalue weighted by Gasteiger charge is -2.24. The number of nitrogens with zero attached hydrogens (tertiary/aromatic N) is 1. The molecular formula is C39H38N2O6S. The fraction of sp³-hybridized carbons (Fsp3) is 0.179. The van der Waals surface area contributed by atoms with Crippen LogP contribution in [0.25, 0.3) is 11.1 Å². The largest absolute Gasteiger partial charge is 0.507 e. The molecule has 0 saturated heterocycles. The lowest BCUT2D eigenvalue weighted by Crippen LogP contribution is -2.40. The minimum Gasteiger partial charge on any atom is -0.507 e. The number of phenols is 1. The number of benzene rings is 5. The van der Waals surface area contributed by atoms with Crippen LogP contribution in [0.1, 0.15) is 46.5 Å². The Bertz CT molecular complexity index is 1990. The number of nitrogens with one attached hydrogen (secondary N) is 1. The summed E-state index contributed by atoms with van der Waals surface area (Å²) in [5, 5.41) is 19.7. The van der Waals surface area contributed by atoms with Gasteiger partial charge in [-0.3, -0.25) is 4.79 Å². The molecule has 3 N–H and O–H groups in total. The van der Waals surface area contributed by atoms with Crippen molar-refractivity contribution in [2.75, 3.05) is 11.4 Å². The number of rotatable bonds is 13. The third-order valence-electron chi connectivity index (χ3n) is 7.95. The quantitative estimate of drug-likeness (QED) is 0.124. The molecule has 0 atom stereocenters. The first-order valence-electron chi connectivity index (χ1n) is 15.7. The summed E-state index contributed by atoms with van der Waals surface area (Å²) in [6.07, 6.45) is 1.40. The Balaban J connectivity index is 1.42. The van der Waals surface area contributed by atoms with Crippen molar-refractivity contribution in [2.24, 2.45) is 5.92 Å². The van der Waals surface area contributed by atoms with Crippen LogP contribution in [0, 0.1) is 5.92 Å². The van der Waals surface area contributed by atoms with Gasteiger partial charge in [-0.15, -0.1) is 0 Å². The summed E-state index contributed by atoms with van der Waals surface area (Å²) in [4.78, 5) is 26.8. The highest BCUT2D eigenvalue weighted by molar-refractivity contribution is 7.89. The van der Waals surface area contributed by atoms with E-state index in [4.69, 9.17) is 0 Å². The molecule has 0 bridgehead atoms. The van der Waals surface area contributed by atoms with Crippen molar-refractivity contribution in [1.29, 1.82) is 0 Å². The van der Waals surface area contributed by atoms with Crippen LogP contribution in [0.2, 0.25) is 0 Å². The Morgan fingerprint density at radius 1 is 0.771 bits per heavy atom. The van der Waals surface area contributed by atoms with Crippen LogP contribution >= 0.6 is 0 Å². The van der Waals surface area contributed by atoms with Crippen molar-refractivity contribution in [3.63, 3.8) is 0 Å². The van der Waals surface area contributed by atoms with E-state index in [1.165, 1.54) is 29.2 Å². The number of carbonyl (C=O) groups is 2. The van der Waals surface area contributed by atoms with E-state index in [1.54, 1.807) is 12.1 Å². The second kappa shape index (κ2) is 15.1. The number of hydrogen-bond donors (Lipinski definition) is 3. The summed E-state index contributed by atoms with van der Waals surface area (Å²) in [6.45, 7) is 3.73. The van der Waals surface area contributed by atoms with Gasteiger partial charge < -0.3 is 15.1 Å². The van der Waals surface area contributed by atoms with Crippen LogP contribution in [0.15, 0.2) is 126 Å². The molecule has 0 saturated carbocycles. The van der Waals surface area contributed by atoms with Crippen LogP contribution in [0.5, 0.6) is 5.75 Å². The molecule has 0 aliphatic rings. The Kier molecular flexibility index (Phi) is 10.7. The average Bonchev–Trinajstić information content (AvgIpc) is 3.08. The van der Waals surface area contributed by atoms with E-state index in [-0.39, 0.29) is 22.7 Å². The van der Waals surface area contributed by atoms with Gasteiger partial charge >= 0.3 is 5.97 Å². The maximum Gasteiger partial charge on any atom is 0.339 e. The van der Waals surface area contributed by atoms with Gasteiger partial charge in [0.25, 0.3) is 0 Å². The number of aromatic hydroxyl groups is 1.